The smallest absolute Gasteiger partial charge is 0.224 e. The van der Waals surface area contributed by atoms with E-state index in [-0.39, 0.29) is 5.91 Å². The van der Waals surface area contributed by atoms with Gasteiger partial charge in [-0.25, -0.2) is 14.4 Å². The van der Waals surface area contributed by atoms with Crippen LogP contribution in [0, 0.1) is 11.7 Å². The number of imidazole rings is 1. The Hall–Kier alpha value is -5.27. The number of nitrogens with zero attached hydrogens (tertiary/aromatic N) is 6. The zero-order chi connectivity index (χ0) is 34.5. The summed E-state index contributed by atoms with van der Waals surface area (Å²) in [6.07, 6.45) is 11.7. The maximum absolute atomic E-state index is 14.8. The number of carbonyl (C=O) groups is 1. The zero-order valence-corrected chi connectivity index (χ0v) is 28.1. The standard InChI is InChI=1S/C37H41FN10O2/c1-23-31(20-32(39-2)26-17-28(22-41-21-26)43-33(49)15-24-5-8-40-9-6-24)35(47-46-23)37-44-34-30(7-10-42-36(34)45-37)25-16-27(38)19-29(18-25)50-14-13-48-11-3-4-12-48/h7,10,16-22,24,40,46H,1,3-6,8-9,11-15H2,2H3,(H,43,49)(H,42,44,45)/b31-20+,39-32+. The number of amides is 1. The number of benzene rings is 1. The number of fused-ring (bicyclic) bond motifs is 1. The van der Waals surface area contributed by atoms with Gasteiger partial charge in [0.25, 0.3) is 0 Å². The number of hydrogen-bond acceptors (Lipinski definition) is 9. The number of aromatic amines is 2. The average molecular weight is 677 g/mol. The van der Waals surface area contributed by atoms with E-state index in [2.05, 4.69) is 52.3 Å². The lowest BCUT2D eigenvalue weighted by Gasteiger charge is -2.21. The molecule has 2 aliphatic heterocycles. The number of anilines is 1. The molecule has 0 spiro atoms. The van der Waals surface area contributed by atoms with E-state index >= 15 is 0 Å². The van der Waals surface area contributed by atoms with Gasteiger partial charge in [-0.05, 0) is 93.7 Å². The summed E-state index contributed by atoms with van der Waals surface area (Å²) in [5.41, 5.74) is 4.89. The minimum absolute atomic E-state index is 0.0237. The van der Waals surface area contributed by atoms with Crippen LogP contribution >= 0.6 is 0 Å². The highest BCUT2D eigenvalue weighted by Gasteiger charge is 2.19. The highest BCUT2D eigenvalue weighted by molar-refractivity contribution is 6.21. The molecule has 7 rings (SSSR count). The summed E-state index contributed by atoms with van der Waals surface area (Å²) >= 11 is 0. The van der Waals surface area contributed by atoms with Crippen molar-refractivity contribution >= 4 is 41.1 Å². The number of H-pyrrole nitrogens is 2. The Morgan fingerprint density at radius 3 is 2.84 bits per heavy atom. The number of piperidine rings is 1. The summed E-state index contributed by atoms with van der Waals surface area (Å²) in [5.74, 6) is 0.893. The van der Waals surface area contributed by atoms with Crippen LogP contribution in [0.5, 0.6) is 5.75 Å². The van der Waals surface area contributed by atoms with Gasteiger partial charge in [0.15, 0.2) is 11.5 Å². The van der Waals surface area contributed by atoms with Gasteiger partial charge in [-0.15, -0.1) is 0 Å². The molecule has 0 aliphatic carbocycles. The Morgan fingerprint density at radius 2 is 2.02 bits per heavy atom. The number of aliphatic imine (C=N–C) groups is 1. The van der Waals surface area contributed by atoms with Crippen molar-refractivity contribution in [3.63, 3.8) is 0 Å². The molecule has 258 valence electrons. The van der Waals surface area contributed by atoms with Gasteiger partial charge in [-0.3, -0.25) is 24.8 Å². The molecule has 2 fully saturated rings. The molecule has 0 atom stereocenters. The van der Waals surface area contributed by atoms with Gasteiger partial charge in [-0.2, -0.15) is 5.10 Å². The SMILES string of the molecule is C=c1[nH]nc(-c2nc3c(-c4cc(F)cc(OCCN5CCCC5)c4)ccnc3[nH]2)/c1=C/C(=N\C)c1cncc(NC(=O)CC2CCNCC2)c1. The lowest BCUT2D eigenvalue weighted by atomic mass is 9.94. The third-order valence-electron chi connectivity index (χ3n) is 9.32. The largest absolute Gasteiger partial charge is 0.492 e. The summed E-state index contributed by atoms with van der Waals surface area (Å²) in [4.78, 5) is 36.7. The first kappa shape index (κ1) is 33.2. The van der Waals surface area contributed by atoms with Crippen molar-refractivity contribution in [3.8, 4) is 28.4 Å². The minimum atomic E-state index is -0.392. The molecule has 1 amide bonds. The van der Waals surface area contributed by atoms with E-state index in [1.54, 1.807) is 25.6 Å². The molecule has 6 heterocycles. The fraction of sp³-hybridized carbons (Fsp3) is 0.351. The van der Waals surface area contributed by atoms with E-state index in [9.17, 15) is 9.18 Å². The van der Waals surface area contributed by atoms with Crippen LogP contribution in [-0.2, 0) is 4.79 Å². The number of carbonyl (C=O) groups excluding carboxylic acids is 1. The average Bonchev–Trinajstić information content (AvgIpc) is 3.88. The van der Waals surface area contributed by atoms with Gasteiger partial charge >= 0.3 is 0 Å². The fourth-order valence-electron chi connectivity index (χ4n) is 6.70. The molecule has 5 aromatic rings. The summed E-state index contributed by atoms with van der Waals surface area (Å²) in [6, 6.07) is 8.38. The van der Waals surface area contributed by atoms with Crippen LogP contribution in [0.15, 0.2) is 53.9 Å². The van der Waals surface area contributed by atoms with Crippen molar-refractivity contribution in [3.05, 3.63) is 70.9 Å². The Balaban J connectivity index is 1.14. The second-order valence-electron chi connectivity index (χ2n) is 12.8. The molecule has 0 saturated carbocycles. The first-order valence-corrected chi connectivity index (χ1v) is 17.1. The third kappa shape index (κ3) is 7.63. The second kappa shape index (κ2) is 15.1. The van der Waals surface area contributed by atoms with Crippen LogP contribution in [0.4, 0.5) is 10.1 Å². The molecular formula is C37H41FN10O2. The predicted molar refractivity (Wildman–Crippen MR) is 193 cm³/mol. The van der Waals surface area contributed by atoms with Crippen LogP contribution in [0.1, 0.15) is 37.7 Å². The summed E-state index contributed by atoms with van der Waals surface area (Å²) < 4.78 is 20.8. The molecule has 4 N–H and O–H groups in total. The first-order chi connectivity index (χ1) is 24.4. The molecule has 0 unspecified atom stereocenters. The van der Waals surface area contributed by atoms with E-state index in [0.29, 0.717) is 80.5 Å². The lowest BCUT2D eigenvalue weighted by molar-refractivity contribution is -0.117. The number of halogens is 1. The summed E-state index contributed by atoms with van der Waals surface area (Å²) in [7, 11) is 1.69. The van der Waals surface area contributed by atoms with Gasteiger partial charge in [0, 0.05) is 54.8 Å². The van der Waals surface area contributed by atoms with E-state index in [0.717, 1.165) is 51.1 Å². The van der Waals surface area contributed by atoms with Crippen molar-refractivity contribution in [2.45, 2.75) is 32.1 Å². The number of nitrogens with one attached hydrogen (secondary N) is 4. The maximum atomic E-state index is 14.8. The van der Waals surface area contributed by atoms with E-state index < -0.39 is 5.82 Å². The topological polar surface area (TPSA) is 149 Å². The van der Waals surface area contributed by atoms with E-state index in [1.165, 1.54) is 25.0 Å². The quantitative estimate of drug-likeness (QED) is 0.155. The molecule has 1 aromatic carbocycles. The molecule has 4 aromatic heterocycles. The Labute approximate surface area is 289 Å². The molecule has 2 saturated heterocycles. The van der Waals surface area contributed by atoms with Crippen molar-refractivity contribution in [2.75, 3.05) is 51.7 Å². The molecule has 50 heavy (non-hydrogen) atoms. The molecule has 13 heteroatoms. The minimum Gasteiger partial charge on any atom is -0.492 e. The Bertz CT molecular complexity index is 2130. The van der Waals surface area contributed by atoms with Crippen molar-refractivity contribution < 1.29 is 13.9 Å². The number of rotatable bonds is 11. The number of ether oxygens (including phenoxy) is 1. The molecule has 12 nitrogen and oxygen atoms in total. The second-order valence-corrected chi connectivity index (χ2v) is 12.8. The number of hydrogen-bond donors (Lipinski definition) is 4. The van der Waals surface area contributed by atoms with Crippen LogP contribution in [0.3, 0.4) is 0 Å². The maximum Gasteiger partial charge on any atom is 0.224 e. The molecular weight excluding hydrogens is 635 g/mol. The van der Waals surface area contributed by atoms with Crippen molar-refractivity contribution in [2.24, 2.45) is 10.9 Å². The highest BCUT2D eigenvalue weighted by Crippen LogP contribution is 2.31. The van der Waals surface area contributed by atoms with E-state index in [4.69, 9.17) is 9.72 Å². The zero-order valence-electron chi connectivity index (χ0n) is 28.1. The Kier molecular flexibility index (Phi) is 10.0. The van der Waals surface area contributed by atoms with Gasteiger partial charge in [0.1, 0.15) is 29.4 Å². The normalized spacial score (nSPS) is 16.4. The predicted octanol–water partition coefficient (Wildman–Crippen LogP) is 3.66. The van der Waals surface area contributed by atoms with Gasteiger partial charge in [-0.1, -0.05) is 6.58 Å². The summed E-state index contributed by atoms with van der Waals surface area (Å²) in [5, 5.41) is 15.1. The highest BCUT2D eigenvalue weighted by atomic mass is 19.1. The Morgan fingerprint density at radius 1 is 1.18 bits per heavy atom. The monoisotopic (exact) mass is 676 g/mol. The van der Waals surface area contributed by atoms with Crippen LogP contribution in [0.2, 0.25) is 0 Å². The van der Waals surface area contributed by atoms with E-state index in [1.807, 2.05) is 24.3 Å². The summed E-state index contributed by atoms with van der Waals surface area (Å²) in [6.45, 7) is 9.50. The number of likely N-dealkylation sites (tertiary alicyclic amines) is 1. The van der Waals surface area contributed by atoms with Gasteiger partial charge < -0.3 is 20.4 Å². The van der Waals surface area contributed by atoms with Crippen LogP contribution < -0.4 is 25.9 Å². The van der Waals surface area contributed by atoms with Crippen LogP contribution in [-0.4, -0.2) is 93.0 Å². The van der Waals surface area contributed by atoms with Gasteiger partial charge in [0.05, 0.1) is 22.9 Å². The fourth-order valence-corrected chi connectivity index (χ4v) is 6.70. The molecule has 0 bridgehead atoms. The first-order valence-electron chi connectivity index (χ1n) is 17.1. The molecule has 0 radical (unpaired) electrons. The van der Waals surface area contributed by atoms with Crippen LogP contribution in [0.25, 0.3) is 46.5 Å². The third-order valence-corrected chi connectivity index (χ3v) is 9.32. The molecule has 2 aliphatic rings. The number of aromatic nitrogens is 6. The van der Waals surface area contributed by atoms with Crippen molar-refractivity contribution in [1.29, 1.82) is 0 Å². The van der Waals surface area contributed by atoms with Gasteiger partial charge in [0.2, 0.25) is 5.91 Å². The number of pyridine rings is 2. The van der Waals surface area contributed by atoms with Crippen molar-refractivity contribution in [1.82, 2.24) is 40.3 Å². The lowest BCUT2D eigenvalue weighted by Crippen LogP contribution is -2.30.